The van der Waals surface area contributed by atoms with Crippen LogP contribution in [0.15, 0.2) is 41.8 Å². The van der Waals surface area contributed by atoms with Gasteiger partial charge >= 0.3 is 0 Å². The zero-order valence-electron chi connectivity index (χ0n) is 10.8. The number of rotatable bonds is 2. The summed E-state index contributed by atoms with van der Waals surface area (Å²) in [6, 6.07) is 12.8. The van der Waals surface area contributed by atoms with Crippen LogP contribution in [-0.2, 0) is 13.0 Å². The van der Waals surface area contributed by atoms with Crippen molar-refractivity contribution in [2.75, 3.05) is 0 Å². The van der Waals surface area contributed by atoms with Crippen molar-refractivity contribution in [3.05, 3.63) is 58.7 Å². The van der Waals surface area contributed by atoms with Crippen molar-refractivity contribution in [2.45, 2.75) is 19.0 Å². The number of thiophene rings is 1. The zero-order valence-corrected chi connectivity index (χ0v) is 11.7. The highest BCUT2D eigenvalue weighted by Crippen LogP contribution is 2.26. The SMILES string of the molecule is c1csc(-c2n[nH]c([C@@H]3Cc4ccccc4CN3)n2)c1. The van der Waals surface area contributed by atoms with Crippen LogP contribution >= 0.6 is 11.3 Å². The van der Waals surface area contributed by atoms with Gasteiger partial charge in [-0.25, -0.2) is 4.98 Å². The maximum Gasteiger partial charge on any atom is 0.191 e. The molecule has 1 aromatic carbocycles. The van der Waals surface area contributed by atoms with Crippen LogP contribution in [0.1, 0.15) is 23.0 Å². The molecule has 0 fully saturated rings. The summed E-state index contributed by atoms with van der Waals surface area (Å²) in [6.45, 7) is 0.885. The summed E-state index contributed by atoms with van der Waals surface area (Å²) in [6.07, 6.45) is 0.954. The van der Waals surface area contributed by atoms with Gasteiger partial charge in [0.05, 0.1) is 10.9 Å². The van der Waals surface area contributed by atoms with E-state index < -0.39 is 0 Å². The highest BCUT2D eigenvalue weighted by Gasteiger charge is 2.22. The fourth-order valence-corrected chi connectivity index (χ4v) is 3.25. The number of fused-ring (bicyclic) bond motifs is 1. The van der Waals surface area contributed by atoms with Crippen molar-refractivity contribution >= 4 is 11.3 Å². The Hall–Kier alpha value is -1.98. The molecule has 20 heavy (non-hydrogen) atoms. The first-order valence-electron chi connectivity index (χ1n) is 6.66. The van der Waals surface area contributed by atoms with Crippen LogP contribution in [0.25, 0.3) is 10.7 Å². The maximum atomic E-state index is 4.63. The molecule has 2 N–H and O–H groups in total. The highest BCUT2D eigenvalue weighted by atomic mass is 32.1. The first kappa shape index (κ1) is 11.8. The van der Waals surface area contributed by atoms with Gasteiger partial charge < -0.3 is 5.32 Å². The van der Waals surface area contributed by atoms with E-state index in [1.165, 1.54) is 11.1 Å². The molecule has 0 aliphatic carbocycles. The van der Waals surface area contributed by atoms with E-state index in [9.17, 15) is 0 Å². The molecular formula is C15H14N4S. The summed E-state index contributed by atoms with van der Waals surface area (Å²) < 4.78 is 0. The molecule has 0 bridgehead atoms. The fourth-order valence-electron chi connectivity index (χ4n) is 2.59. The van der Waals surface area contributed by atoms with Crippen LogP contribution in [0.4, 0.5) is 0 Å². The lowest BCUT2D eigenvalue weighted by molar-refractivity contribution is 0.478. The molecule has 2 aromatic heterocycles. The molecule has 4 nitrogen and oxygen atoms in total. The van der Waals surface area contributed by atoms with Gasteiger partial charge in [-0.15, -0.1) is 11.3 Å². The van der Waals surface area contributed by atoms with Crippen LogP contribution in [0.5, 0.6) is 0 Å². The smallest absolute Gasteiger partial charge is 0.191 e. The first-order chi connectivity index (χ1) is 9.90. The van der Waals surface area contributed by atoms with E-state index >= 15 is 0 Å². The minimum atomic E-state index is 0.214. The first-order valence-corrected chi connectivity index (χ1v) is 7.54. The molecule has 1 aliphatic heterocycles. The van der Waals surface area contributed by atoms with Gasteiger partial charge in [0.2, 0.25) is 0 Å². The minimum Gasteiger partial charge on any atom is -0.303 e. The van der Waals surface area contributed by atoms with E-state index in [0.29, 0.717) is 0 Å². The number of aromatic amines is 1. The number of aromatic nitrogens is 3. The van der Waals surface area contributed by atoms with Gasteiger partial charge in [-0.2, -0.15) is 5.10 Å². The molecule has 4 rings (SSSR count). The van der Waals surface area contributed by atoms with Crippen LogP contribution in [-0.4, -0.2) is 15.2 Å². The Bertz CT molecular complexity index is 717. The zero-order chi connectivity index (χ0) is 13.4. The second-order valence-corrected chi connectivity index (χ2v) is 5.88. The molecule has 3 aromatic rings. The largest absolute Gasteiger partial charge is 0.303 e. The van der Waals surface area contributed by atoms with Crippen LogP contribution in [0, 0.1) is 0 Å². The van der Waals surface area contributed by atoms with E-state index in [-0.39, 0.29) is 6.04 Å². The average Bonchev–Trinajstić information content (AvgIpc) is 3.17. The van der Waals surface area contributed by atoms with Gasteiger partial charge in [0.15, 0.2) is 5.82 Å². The number of benzene rings is 1. The Morgan fingerprint density at radius 3 is 2.85 bits per heavy atom. The quantitative estimate of drug-likeness (QED) is 0.760. The van der Waals surface area contributed by atoms with E-state index in [1.54, 1.807) is 11.3 Å². The number of nitrogens with zero attached hydrogens (tertiary/aromatic N) is 2. The number of hydrogen-bond donors (Lipinski definition) is 2. The van der Waals surface area contributed by atoms with E-state index in [0.717, 1.165) is 29.5 Å². The van der Waals surface area contributed by atoms with Gasteiger partial charge in [0.25, 0.3) is 0 Å². The van der Waals surface area contributed by atoms with Gasteiger partial charge in [-0.3, -0.25) is 5.10 Å². The Balaban J connectivity index is 1.60. The molecule has 1 aliphatic rings. The summed E-state index contributed by atoms with van der Waals surface area (Å²) in [5.41, 5.74) is 2.77. The monoisotopic (exact) mass is 282 g/mol. The third-order valence-corrected chi connectivity index (χ3v) is 4.52. The topological polar surface area (TPSA) is 53.6 Å². The third kappa shape index (κ3) is 2.05. The second-order valence-electron chi connectivity index (χ2n) is 4.93. The normalized spacial score (nSPS) is 17.9. The van der Waals surface area contributed by atoms with Gasteiger partial charge in [0.1, 0.15) is 5.82 Å². The Kier molecular flexibility index (Phi) is 2.86. The predicted molar refractivity (Wildman–Crippen MR) is 79.4 cm³/mol. The molecule has 0 saturated heterocycles. The van der Waals surface area contributed by atoms with Gasteiger partial charge in [-0.1, -0.05) is 30.3 Å². The fraction of sp³-hybridized carbons (Fsp3) is 0.200. The Morgan fingerprint density at radius 2 is 2.00 bits per heavy atom. The van der Waals surface area contributed by atoms with E-state index in [1.807, 2.05) is 17.5 Å². The second kappa shape index (κ2) is 4.85. The van der Waals surface area contributed by atoms with Crippen molar-refractivity contribution in [3.8, 4) is 10.7 Å². The van der Waals surface area contributed by atoms with Crippen LogP contribution < -0.4 is 5.32 Å². The summed E-state index contributed by atoms with van der Waals surface area (Å²) >= 11 is 1.66. The van der Waals surface area contributed by atoms with Crippen molar-refractivity contribution in [3.63, 3.8) is 0 Å². The molecule has 0 spiro atoms. The van der Waals surface area contributed by atoms with E-state index in [2.05, 4.69) is 44.8 Å². The summed E-state index contributed by atoms with van der Waals surface area (Å²) in [5, 5.41) is 13.0. The average molecular weight is 282 g/mol. The summed E-state index contributed by atoms with van der Waals surface area (Å²) in [5.74, 6) is 1.71. The molecule has 0 unspecified atom stereocenters. The van der Waals surface area contributed by atoms with Crippen LogP contribution in [0.3, 0.4) is 0 Å². The minimum absolute atomic E-state index is 0.214. The van der Waals surface area contributed by atoms with Gasteiger partial charge in [-0.05, 0) is 29.0 Å². The summed E-state index contributed by atoms with van der Waals surface area (Å²) in [7, 11) is 0. The lowest BCUT2D eigenvalue weighted by Gasteiger charge is -2.24. The molecule has 0 saturated carbocycles. The molecule has 5 heteroatoms. The third-order valence-electron chi connectivity index (χ3n) is 3.66. The number of nitrogens with one attached hydrogen (secondary N) is 2. The van der Waals surface area contributed by atoms with Gasteiger partial charge in [0, 0.05) is 6.54 Å². The Labute approximate surface area is 120 Å². The molecule has 1 atom stereocenters. The molecule has 100 valence electrons. The van der Waals surface area contributed by atoms with Crippen molar-refractivity contribution in [1.29, 1.82) is 0 Å². The lowest BCUT2D eigenvalue weighted by atomic mass is 9.96. The molecule has 0 radical (unpaired) electrons. The summed E-state index contributed by atoms with van der Waals surface area (Å²) in [4.78, 5) is 5.73. The van der Waals surface area contributed by atoms with Crippen molar-refractivity contribution in [1.82, 2.24) is 20.5 Å². The highest BCUT2D eigenvalue weighted by molar-refractivity contribution is 7.13. The Morgan fingerprint density at radius 1 is 1.10 bits per heavy atom. The maximum absolute atomic E-state index is 4.63. The standard InChI is InChI=1S/C15H14N4S/c1-2-5-11-9-16-12(8-10(11)4-1)14-17-15(19-18-14)13-6-3-7-20-13/h1-7,12,16H,8-9H2,(H,17,18,19)/t12-/m0/s1. The van der Waals surface area contributed by atoms with Crippen LogP contribution in [0.2, 0.25) is 0 Å². The van der Waals surface area contributed by atoms with E-state index in [4.69, 9.17) is 0 Å². The number of H-pyrrole nitrogens is 1. The van der Waals surface area contributed by atoms with Crippen molar-refractivity contribution in [2.24, 2.45) is 0 Å². The number of hydrogen-bond acceptors (Lipinski definition) is 4. The molecule has 0 amide bonds. The molecule has 3 heterocycles. The molecular weight excluding hydrogens is 268 g/mol. The lowest BCUT2D eigenvalue weighted by Crippen LogP contribution is -2.29. The van der Waals surface area contributed by atoms with Crippen molar-refractivity contribution < 1.29 is 0 Å². The predicted octanol–water partition coefficient (Wildman–Crippen LogP) is 2.92.